The third kappa shape index (κ3) is 5.89. The van der Waals surface area contributed by atoms with E-state index in [0.717, 1.165) is 51.1 Å². The number of amides is 1. The van der Waals surface area contributed by atoms with E-state index in [-0.39, 0.29) is 12.0 Å². The van der Waals surface area contributed by atoms with Crippen LogP contribution in [0.5, 0.6) is 0 Å². The number of hydrogen-bond acceptors (Lipinski definition) is 4. The van der Waals surface area contributed by atoms with Crippen molar-refractivity contribution < 1.29 is 9.53 Å². The van der Waals surface area contributed by atoms with Crippen molar-refractivity contribution in [2.24, 2.45) is 0 Å². The summed E-state index contributed by atoms with van der Waals surface area (Å²) < 4.78 is 5.46. The molecule has 0 saturated carbocycles. The van der Waals surface area contributed by atoms with Gasteiger partial charge in [0.25, 0.3) is 5.91 Å². The quantitative estimate of drug-likeness (QED) is 0.723. The molecule has 4 rings (SSSR count). The Bertz CT molecular complexity index is 790. The smallest absolute Gasteiger partial charge is 0.253 e. The van der Waals surface area contributed by atoms with Gasteiger partial charge >= 0.3 is 0 Å². The van der Waals surface area contributed by atoms with Gasteiger partial charge in [-0.2, -0.15) is 0 Å². The minimum absolute atomic E-state index is 0.0301. The largest absolute Gasteiger partial charge is 0.368 e. The molecular weight excluding hydrogens is 362 g/mol. The SMILES string of the molecule is O=C(Nc1cccc(CN[C@H]2CCN(CCc3ccccc3)C2)c1)[C@@H]1CCCO1. The number of rotatable bonds is 8. The third-order valence-electron chi connectivity index (χ3n) is 5.84. The van der Waals surface area contributed by atoms with Crippen LogP contribution in [0.1, 0.15) is 30.4 Å². The molecule has 154 valence electrons. The summed E-state index contributed by atoms with van der Waals surface area (Å²) in [5, 5.41) is 6.67. The average Bonchev–Trinajstić information content (AvgIpc) is 3.44. The molecule has 2 aliphatic heterocycles. The van der Waals surface area contributed by atoms with E-state index in [1.165, 1.54) is 17.5 Å². The first-order chi connectivity index (χ1) is 14.3. The second-order valence-corrected chi connectivity index (χ2v) is 8.09. The second kappa shape index (κ2) is 10.0. The van der Waals surface area contributed by atoms with Crippen molar-refractivity contribution in [2.45, 2.75) is 44.4 Å². The Morgan fingerprint density at radius 2 is 1.93 bits per heavy atom. The first kappa shape index (κ1) is 20.1. The van der Waals surface area contributed by atoms with Gasteiger partial charge in [0.2, 0.25) is 0 Å². The topological polar surface area (TPSA) is 53.6 Å². The lowest BCUT2D eigenvalue weighted by Crippen LogP contribution is -2.32. The molecule has 2 aliphatic rings. The maximum absolute atomic E-state index is 12.2. The van der Waals surface area contributed by atoms with Crippen LogP contribution in [0.15, 0.2) is 54.6 Å². The van der Waals surface area contributed by atoms with Gasteiger partial charge in [-0.1, -0.05) is 42.5 Å². The van der Waals surface area contributed by atoms with Crippen molar-refractivity contribution in [2.75, 3.05) is 31.6 Å². The van der Waals surface area contributed by atoms with Crippen LogP contribution in [-0.4, -0.2) is 49.2 Å². The zero-order chi connectivity index (χ0) is 19.9. The first-order valence-corrected chi connectivity index (χ1v) is 10.8. The molecule has 0 aliphatic carbocycles. The monoisotopic (exact) mass is 393 g/mol. The second-order valence-electron chi connectivity index (χ2n) is 8.09. The van der Waals surface area contributed by atoms with E-state index in [2.05, 4.69) is 58.0 Å². The van der Waals surface area contributed by atoms with Gasteiger partial charge in [0.1, 0.15) is 6.10 Å². The van der Waals surface area contributed by atoms with Gasteiger partial charge in [0.05, 0.1) is 0 Å². The zero-order valence-corrected chi connectivity index (χ0v) is 17.0. The molecule has 0 radical (unpaired) electrons. The van der Waals surface area contributed by atoms with Gasteiger partial charge in [-0.05, 0) is 55.5 Å². The van der Waals surface area contributed by atoms with E-state index in [1.807, 2.05) is 12.1 Å². The van der Waals surface area contributed by atoms with Crippen molar-refractivity contribution in [3.63, 3.8) is 0 Å². The fourth-order valence-corrected chi connectivity index (χ4v) is 4.16. The van der Waals surface area contributed by atoms with Gasteiger partial charge in [-0.3, -0.25) is 4.79 Å². The lowest BCUT2D eigenvalue weighted by Gasteiger charge is -2.17. The van der Waals surface area contributed by atoms with Gasteiger partial charge in [0, 0.05) is 38.0 Å². The van der Waals surface area contributed by atoms with Gasteiger partial charge in [-0.25, -0.2) is 0 Å². The molecule has 5 nitrogen and oxygen atoms in total. The highest BCUT2D eigenvalue weighted by Gasteiger charge is 2.24. The Morgan fingerprint density at radius 3 is 2.76 bits per heavy atom. The lowest BCUT2D eigenvalue weighted by atomic mass is 10.1. The summed E-state index contributed by atoms with van der Waals surface area (Å²) in [5.74, 6) is -0.0301. The zero-order valence-electron chi connectivity index (χ0n) is 17.0. The summed E-state index contributed by atoms with van der Waals surface area (Å²) in [6.07, 6.45) is 3.78. The normalized spacial score (nSPS) is 22.1. The molecule has 5 heteroatoms. The maximum Gasteiger partial charge on any atom is 0.253 e. The summed E-state index contributed by atoms with van der Waals surface area (Å²) in [5.41, 5.74) is 3.45. The molecule has 2 aromatic carbocycles. The van der Waals surface area contributed by atoms with Gasteiger partial charge in [0.15, 0.2) is 0 Å². The van der Waals surface area contributed by atoms with Crippen molar-refractivity contribution in [3.8, 4) is 0 Å². The van der Waals surface area contributed by atoms with Crippen molar-refractivity contribution >= 4 is 11.6 Å². The Hall–Kier alpha value is -2.21. The molecule has 2 heterocycles. The minimum Gasteiger partial charge on any atom is -0.368 e. The Morgan fingerprint density at radius 1 is 1.07 bits per heavy atom. The molecule has 29 heavy (non-hydrogen) atoms. The van der Waals surface area contributed by atoms with E-state index in [9.17, 15) is 4.79 Å². The van der Waals surface area contributed by atoms with Crippen LogP contribution >= 0.6 is 0 Å². The number of carbonyl (C=O) groups excluding carboxylic acids is 1. The highest BCUT2D eigenvalue weighted by Crippen LogP contribution is 2.17. The molecule has 2 saturated heterocycles. The summed E-state index contributed by atoms with van der Waals surface area (Å²) in [7, 11) is 0. The number of likely N-dealkylation sites (tertiary alicyclic amines) is 1. The molecule has 0 unspecified atom stereocenters. The number of nitrogens with one attached hydrogen (secondary N) is 2. The van der Waals surface area contributed by atoms with Crippen molar-refractivity contribution in [1.29, 1.82) is 0 Å². The molecule has 0 aromatic heterocycles. The number of hydrogen-bond donors (Lipinski definition) is 2. The molecule has 2 aromatic rings. The minimum atomic E-state index is -0.294. The Balaban J connectivity index is 1.20. The summed E-state index contributed by atoms with van der Waals surface area (Å²) in [4.78, 5) is 14.8. The Kier molecular flexibility index (Phi) is 6.93. The lowest BCUT2D eigenvalue weighted by molar-refractivity contribution is -0.124. The van der Waals surface area contributed by atoms with Crippen LogP contribution in [0.3, 0.4) is 0 Å². The molecule has 2 fully saturated rings. The predicted molar refractivity (Wildman–Crippen MR) is 116 cm³/mol. The molecule has 2 atom stereocenters. The average molecular weight is 394 g/mol. The Labute approximate surface area is 173 Å². The van der Waals surface area contributed by atoms with E-state index < -0.39 is 0 Å². The molecular formula is C24H31N3O2. The first-order valence-electron chi connectivity index (χ1n) is 10.8. The number of anilines is 1. The van der Waals surface area contributed by atoms with Gasteiger partial charge in [-0.15, -0.1) is 0 Å². The standard InChI is InChI=1S/C24H31N3O2/c28-24(23-10-5-15-29-23)26-21-9-4-8-20(16-21)17-25-22-12-14-27(18-22)13-11-19-6-2-1-3-7-19/h1-4,6-9,16,22-23,25H,5,10-15,17-18H2,(H,26,28)/t22-,23-/m0/s1. The van der Waals surface area contributed by atoms with Crippen molar-refractivity contribution in [3.05, 3.63) is 65.7 Å². The van der Waals surface area contributed by atoms with E-state index >= 15 is 0 Å². The maximum atomic E-state index is 12.2. The fraction of sp³-hybridized carbons (Fsp3) is 0.458. The van der Waals surface area contributed by atoms with Crippen LogP contribution in [0, 0.1) is 0 Å². The van der Waals surface area contributed by atoms with Crippen LogP contribution in [-0.2, 0) is 22.5 Å². The molecule has 0 bridgehead atoms. The summed E-state index contributed by atoms with van der Waals surface area (Å²) in [6.45, 7) is 4.88. The van der Waals surface area contributed by atoms with Crippen molar-refractivity contribution in [1.82, 2.24) is 10.2 Å². The van der Waals surface area contributed by atoms with E-state index in [4.69, 9.17) is 4.74 Å². The number of benzene rings is 2. The number of nitrogens with zero attached hydrogens (tertiary/aromatic N) is 1. The summed E-state index contributed by atoms with van der Waals surface area (Å²) in [6, 6.07) is 19.3. The van der Waals surface area contributed by atoms with Gasteiger partial charge < -0.3 is 20.3 Å². The van der Waals surface area contributed by atoms with E-state index in [0.29, 0.717) is 12.6 Å². The molecule has 1 amide bonds. The number of carbonyl (C=O) groups is 1. The molecule has 0 spiro atoms. The van der Waals surface area contributed by atoms with Crippen LogP contribution < -0.4 is 10.6 Å². The third-order valence-corrected chi connectivity index (χ3v) is 5.84. The van der Waals surface area contributed by atoms with Crippen LogP contribution in [0.4, 0.5) is 5.69 Å². The predicted octanol–water partition coefficient (Wildman–Crippen LogP) is 3.21. The summed E-state index contributed by atoms with van der Waals surface area (Å²) >= 11 is 0. The van der Waals surface area contributed by atoms with Crippen LogP contribution in [0.2, 0.25) is 0 Å². The highest BCUT2D eigenvalue weighted by atomic mass is 16.5. The highest BCUT2D eigenvalue weighted by molar-refractivity contribution is 5.94. The fourth-order valence-electron chi connectivity index (χ4n) is 4.16. The number of ether oxygens (including phenoxy) is 1. The van der Waals surface area contributed by atoms with E-state index in [1.54, 1.807) is 0 Å². The molecule has 2 N–H and O–H groups in total. The van der Waals surface area contributed by atoms with Crippen LogP contribution in [0.25, 0.3) is 0 Å².